The molecule has 0 aromatic carbocycles. The normalized spacial score (nSPS) is 10.7. The molecule has 2 aromatic rings. The Labute approximate surface area is 88.3 Å². The summed E-state index contributed by atoms with van der Waals surface area (Å²) >= 11 is 3.22. The van der Waals surface area contributed by atoms with Gasteiger partial charge < -0.3 is 5.11 Å². The molecule has 0 unspecified atom stereocenters. The van der Waals surface area contributed by atoms with E-state index < -0.39 is 5.97 Å². The van der Waals surface area contributed by atoms with E-state index in [2.05, 4.69) is 20.9 Å². The van der Waals surface area contributed by atoms with Gasteiger partial charge in [-0.1, -0.05) is 6.07 Å². The first-order valence-electron chi connectivity index (χ1n) is 3.98. The van der Waals surface area contributed by atoms with Gasteiger partial charge in [-0.05, 0) is 35.0 Å². The number of carbonyl (C=O) groups is 1. The summed E-state index contributed by atoms with van der Waals surface area (Å²) in [6, 6.07) is 5.50. The molecule has 4 nitrogen and oxygen atoms in total. The van der Waals surface area contributed by atoms with Crippen LogP contribution in [0.25, 0.3) is 5.65 Å². The molecule has 2 rings (SSSR count). The molecular weight excluding hydrogens is 248 g/mol. The van der Waals surface area contributed by atoms with Crippen molar-refractivity contribution in [2.45, 2.75) is 6.92 Å². The number of aromatic carboxylic acids is 1. The predicted octanol–water partition coefficient (Wildman–Crippen LogP) is 2.10. The minimum Gasteiger partial charge on any atom is -0.476 e. The Morgan fingerprint density at radius 2 is 2.29 bits per heavy atom. The number of carboxylic acid groups (broad SMARTS) is 1. The van der Waals surface area contributed by atoms with Crippen molar-refractivity contribution in [1.29, 1.82) is 0 Å². The number of hydrogen-bond acceptors (Lipinski definition) is 2. The summed E-state index contributed by atoms with van der Waals surface area (Å²) in [6.07, 6.45) is 0. The van der Waals surface area contributed by atoms with Crippen molar-refractivity contribution in [3.05, 3.63) is 34.2 Å². The average molecular weight is 255 g/mol. The van der Waals surface area contributed by atoms with Crippen LogP contribution < -0.4 is 0 Å². The zero-order chi connectivity index (χ0) is 10.3. The molecule has 14 heavy (non-hydrogen) atoms. The van der Waals surface area contributed by atoms with Crippen LogP contribution in [0.2, 0.25) is 0 Å². The summed E-state index contributed by atoms with van der Waals surface area (Å²) < 4.78 is 2.24. The van der Waals surface area contributed by atoms with Crippen molar-refractivity contribution in [2.24, 2.45) is 0 Å². The Morgan fingerprint density at radius 3 is 2.86 bits per heavy atom. The molecule has 0 atom stereocenters. The van der Waals surface area contributed by atoms with Crippen molar-refractivity contribution < 1.29 is 9.90 Å². The lowest BCUT2D eigenvalue weighted by Crippen LogP contribution is -1.97. The zero-order valence-corrected chi connectivity index (χ0v) is 8.95. The fraction of sp³-hybridized carbons (Fsp3) is 0.111. The number of nitrogens with zero attached hydrogens (tertiary/aromatic N) is 2. The van der Waals surface area contributed by atoms with Gasteiger partial charge in [0.1, 0.15) is 10.3 Å². The van der Waals surface area contributed by atoms with Crippen molar-refractivity contribution in [3.63, 3.8) is 0 Å². The van der Waals surface area contributed by atoms with E-state index in [0.29, 0.717) is 10.3 Å². The topological polar surface area (TPSA) is 54.6 Å². The van der Waals surface area contributed by atoms with Crippen LogP contribution in [-0.2, 0) is 0 Å². The summed E-state index contributed by atoms with van der Waals surface area (Å²) in [7, 11) is 0. The van der Waals surface area contributed by atoms with Crippen LogP contribution in [0.3, 0.4) is 0 Å². The van der Waals surface area contributed by atoms with E-state index in [1.54, 1.807) is 10.5 Å². The van der Waals surface area contributed by atoms with E-state index in [-0.39, 0.29) is 5.69 Å². The summed E-state index contributed by atoms with van der Waals surface area (Å²) in [5.41, 5.74) is 1.61. The molecule has 0 aliphatic carbocycles. The van der Waals surface area contributed by atoms with Crippen LogP contribution >= 0.6 is 15.9 Å². The van der Waals surface area contributed by atoms with E-state index in [1.165, 1.54) is 0 Å². The van der Waals surface area contributed by atoms with Crippen LogP contribution in [0.1, 0.15) is 16.2 Å². The maximum absolute atomic E-state index is 10.8. The van der Waals surface area contributed by atoms with Gasteiger partial charge in [0.05, 0.1) is 0 Å². The van der Waals surface area contributed by atoms with Gasteiger partial charge in [0, 0.05) is 5.69 Å². The lowest BCUT2D eigenvalue weighted by atomic mass is 10.4. The molecule has 0 aliphatic rings. The van der Waals surface area contributed by atoms with Crippen molar-refractivity contribution in [2.75, 3.05) is 0 Å². The second-order valence-corrected chi connectivity index (χ2v) is 3.67. The van der Waals surface area contributed by atoms with Crippen LogP contribution in [0.5, 0.6) is 0 Å². The number of pyridine rings is 1. The molecule has 0 bridgehead atoms. The highest BCUT2D eigenvalue weighted by Crippen LogP contribution is 2.20. The number of carboxylic acids is 1. The minimum absolute atomic E-state index is 0.0410. The number of aromatic nitrogens is 2. The van der Waals surface area contributed by atoms with Gasteiger partial charge in [-0.25, -0.2) is 9.78 Å². The van der Waals surface area contributed by atoms with E-state index in [0.717, 1.165) is 5.69 Å². The molecule has 0 fully saturated rings. The third-order valence-corrected chi connectivity index (χ3v) is 2.72. The molecule has 1 N–H and O–H groups in total. The van der Waals surface area contributed by atoms with Gasteiger partial charge in [0.25, 0.3) is 0 Å². The molecule has 72 valence electrons. The maximum Gasteiger partial charge on any atom is 0.357 e. The summed E-state index contributed by atoms with van der Waals surface area (Å²) in [4.78, 5) is 14.8. The number of fused-ring (bicyclic) bond motifs is 1. The molecule has 0 saturated carbocycles. The molecule has 5 heteroatoms. The van der Waals surface area contributed by atoms with E-state index in [9.17, 15) is 4.79 Å². The first-order chi connectivity index (χ1) is 6.61. The highest BCUT2D eigenvalue weighted by molar-refractivity contribution is 9.10. The minimum atomic E-state index is -1.03. The highest BCUT2D eigenvalue weighted by Gasteiger charge is 2.16. The van der Waals surface area contributed by atoms with Gasteiger partial charge in [-0.2, -0.15) is 0 Å². The third kappa shape index (κ3) is 1.21. The second kappa shape index (κ2) is 3.09. The highest BCUT2D eigenvalue weighted by atomic mass is 79.9. The third-order valence-electron chi connectivity index (χ3n) is 1.99. The maximum atomic E-state index is 10.8. The SMILES string of the molecule is Cc1cccc2nc(C(=O)O)c(Br)n12. The zero-order valence-electron chi connectivity index (χ0n) is 7.36. The number of hydrogen-bond donors (Lipinski definition) is 1. The fourth-order valence-electron chi connectivity index (χ4n) is 1.35. The van der Waals surface area contributed by atoms with Crippen molar-refractivity contribution in [3.8, 4) is 0 Å². The standard InChI is InChI=1S/C9H7BrN2O2/c1-5-3-2-4-6-11-7(9(13)14)8(10)12(5)6/h2-4H,1H3,(H,13,14). The number of rotatable bonds is 1. The Bertz CT molecular complexity index is 519. The second-order valence-electron chi connectivity index (χ2n) is 2.92. The summed E-state index contributed by atoms with van der Waals surface area (Å²) in [5, 5.41) is 8.85. The van der Waals surface area contributed by atoms with Crippen LogP contribution in [0.15, 0.2) is 22.8 Å². The first-order valence-corrected chi connectivity index (χ1v) is 4.77. The molecular formula is C9H7BrN2O2. The van der Waals surface area contributed by atoms with Gasteiger partial charge in [-0.3, -0.25) is 4.40 Å². The van der Waals surface area contributed by atoms with E-state index in [4.69, 9.17) is 5.11 Å². The van der Waals surface area contributed by atoms with Crippen LogP contribution in [0, 0.1) is 6.92 Å². The lowest BCUT2D eigenvalue weighted by Gasteiger charge is -1.98. The molecule has 0 aliphatic heterocycles. The van der Waals surface area contributed by atoms with E-state index >= 15 is 0 Å². The van der Waals surface area contributed by atoms with Crippen LogP contribution in [-0.4, -0.2) is 20.5 Å². The smallest absolute Gasteiger partial charge is 0.357 e. The Balaban J connectivity index is 2.87. The number of aryl methyl sites for hydroxylation is 1. The van der Waals surface area contributed by atoms with Gasteiger partial charge in [0.15, 0.2) is 5.69 Å². The Morgan fingerprint density at radius 1 is 1.57 bits per heavy atom. The quantitative estimate of drug-likeness (QED) is 0.848. The molecule has 2 heterocycles. The predicted molar refractivity (Wildman–Crippen MR) is 54.6 cm³/mol. The summed E-state index contributed by atoms with van der Waals surface area (Å²) in [6.45, 7) is 1.89. The van der Waals surface area contributed by atoms with Gasteiger partial charge >= 0.3 is 5.97 Å². The number of imidazole rings is 1. The largest absolute Gasteiger partial charge is 0.476 e. The molecule has 2 aromatic heterocycles. The van der Waals surface area contributed by atoms with Crippen molar-refractivity contribution in [1.82, 2.24) is 9.38 Å². The first kappa shape index (κ1) is 9.21. The molecule has 0 saturated heterocycles. The Kier molecular flexibility index (Phi) is 2.03. The molecule has 0 radical (unpaired) electrons. The van der Waals surface area contributed by atoms with Crippen LogP contribution in [0.4, 0.5) is 0 Å². The van der Waals surface area contributed by atoms with Gasteiger partial charge in [-0.15, -0.1) is 0 Å². The summed E-state index contributed by atoms with van der Waals surface area (Å²) in [5.74, 6) is -1.03. The molecule has 0 spiro atoms. The Hall–Kier alpha value is -1.36. The number of halogens is 1. The lowest BCUT2D eigenvalue weighted by molar-refractivity contribution is 0.0690. The monoisotopic (exact) mass is 254 g/mol. The molecule has 0 amide bonds. The average Bonchev–Trinajstić information content (AvgIpc) is 2.45. The van der Waals surface area contributed by atoms with Gasteiger partial charge in [0.2, 0.25) is 0 Å². The fourth-order valence-corrected chi connectivity index (χ4v) is 2.07. The van der Waals surface area contributed by atoms with E-state index in [1.807, 2.05) is 19.1 Å². The van der Waals surface area contributed by atoms with Crippen molar-refractivity contribution >= 4 is 27.5 Å².